The highest BCUT2D eigenvalue weighted by Crippen LogP contribution is 2.28. The van der Waals surface area contributed by atoms with Crippen LogP contribution in [-0.4, -0.2) is 14.6 Å². The molecule has 110 valence electrons. The highest BCUT2D eigenvalue weighted by atomic mass is 16.6. The molecule has 0 unspecified atom stereocenters. The molecular weight excluding hydrogens is 272 g/mol. The van der Waals surface area contributed by atoms with Gasteiger partial charge in [-0.05, 0) is 38.5 Å². The molecule has 0 aliphatic rings. The van der Waals surface area contributed by atoms with Gasteiger partial charge >= 0.3 is 0 Å². The summed E-state index contributed by atoms with van der Waals surface area (Å²) in [4.78, 5) is 22.4. The number of non-ortho nitro benzene ring substituents is 1. The van der Waals surface area contributed by atoms with Crippen molar-refractivity contribution in [1.82, 2.24) is 4.57 Å². The average molecular weight is 288 g/mol. The number of nitro benzene ring substituents is 1. The highest BCUT2D eigenvalue weighted by molar-refractivity contribution is 5.63. The summed E-state index contributed by atoms with van der Waals surface area (Å²) < 4.78 is 1.55. The van der Waals surface area contributed by atoms with E-state index in [9.17, 15) is 20.0 Å². The van der Waals surface area contributed by atoms with Gasteiger partial charge in [0.15, 0.2) is 0 Å². The number of aromatic nitrogens is 1. The Morgan fingerprint density at radius 3 is 2.19 bits per heavy atom. The van der Waals surface area contributed by atoms with Crippen LogP contribution in [0.15, 0.2) is 41.2 Å². The molecule has 0 fully saturated rings. The number of nitro groups is 1. The smallest absolute Gasteiger partial charge is 0.269 e. The number of rotatable bonds is 2. The Bertz CT molecular complexity index is 740. The van der Waals surface area contributed by atoms with E-state index >= 15 is 0 Å². The van der Waals surface area contributed by atoms with Crippen LogP contribution in [0.25, 0.3) is 11.3 Å². The van der Waals surface area contributed by atoms with Crippen molar-refractivity contribution in [2.24, 2.45) is 0 Å². The van der Waals surface area contributed by atoms with Gasteiger partial charge in [0.25, 0.3) is 11.2 Å². The van der Waals surface area contributed by atoms with Gasteiger partial charge in [-0.1, -0.05) is 0 Å². The lowest BCUT2D eigenvalue weighted by atomic mass is 10.0. The van der Waals surface area contributed by atoms with Gasteiger partial charge in [0, 0.05) is 29.8 Å². The molecule has 6 nitrogen and oxygen atoms in total. The van der Waals surface area contributed by atoms with Gasteiger partial charge < -0.3 is 9.67 Å². The molecule has 2 rings (SSSR count). The Kier molecular flexibility index (Phi) is 3.55. The average Bonchev–Trinajstić information content (AvgIpc) is 2.36. The van der Waals surface area contributed by atoms with Crippen LogP contribution in [0.4, 0.5) is 5.69 Å². The molecule has 1 aromatic heterocycles. The first-order chi connectivity index (χ1) is 9.70. The first-order valence-electron chi connectivity index (χ1n) is 6.41. The first-order valence-corrected chi connectivity index (χ1v) is 6.41. The van der Waals surface area contributed by atoms with E-state index in [1.165, 1.54) is 18.2 Å². The van der Waals surface area contributed by atoms with Crippen LogP contribution in [0.3, 0.4) is 0 Å². The highest BCUT2D eigenvalue weighted by Gasteiger charge is 2.20. The number of benzene rings is 1. The monoisotopic (exact) mass is 288 g/mol. The van der Waals surface area contributed by atoms with Crippen molar-refractivity contribution in [3.63, 3.8) is 0 Å². The molecule has 21 heavy (non-hydrogen) atoms. The number of aromatic hydroxyl groups is 1. The molecule has 0 saturated heterocycles. The van der Waals surface area contributed by atoms with Crippen LogP contribution >= 0.6 is 0 Å². The first kappa shape index (κ1) is 14.8. The lowest BCUT2D eigenvalue weighted by Gasteiger charge is -2.26. The van der Waals surface area contributed by atoms with E-state index in [1.54, 1.807) is 16.7 Å². The fourth-order valence-corrected chi connectivity index (χ4v) is 2.21. The Morgan fingerprint density at radius 1 is 1.14 bits per heavy atom. The quantitative estimate of drug-likeness (QED) is 0.680. The van der Waals surface area contributed by atoms with Crippen molar-refractivity contribution in [3.8, 4) is 17.0 Å². The topological polar surface area (TPSA) is 85.4 Å². The van der Waals surface area contributed by atoms with Gasteiger partial charge in [-0.2, -0.15) is 0 Å². The van der Waals surface area contributed by atoms with Gasteiger partial charge in [-0.15, -0.1) is 0 Å². The SMILES string of the molecule is CC(C)(C)n1c(-c2ccc([N+](=O)[O-])cc2)cc(O)cc1=O. The normalized spacial score (nSPS) is 11.4. The van der Waals surface area contributed by atoms with Crippen molar-refractivity contribution in [3.05, 3.63) is 56.9 Å². The lowest BCUT2D eigenvalue weighted by molar-refractivity contribution is -0.384. The van der Waals surface area contributed by atoms with E-state index in [-0.39, 0.29) is 17.0 Å². The van der Waals surface area contributed by atoms with Gasteiger partial charge in [0.05, 0.1) is 10.6 Å². The van der Waals surface area contributed by atoms with E-state index in [4.69, 9.17) is 0 Å². The van der Waals surface area contributed by atoms with Gasteiger partial charge in [0.2, 0.25) is 0 Å². The lowest BCUT2D eigenvalue weighted by Crippen LogP contribution is -2.34. The molecule has 0 spiro atoms. The van der Waals surface area contributed by atoms with Gasteiger partial charge in [0.1, 0.15) is 5.75 Å². The van der Waals surface area contributed by atoms with Crippen LogP contribution in [0.2, 0.25) is 0 Å². The molecular formula is C15H16N2O4. The summed E-state index contributed by atoms with van der Waals surface area (Å²) in [6, 6.07) is 8.50. The molecule has 1 heterocycles. The summed E-state index contributed by atoms with van der Waals surface area (Å²) in [5, 5.41) is 20.4. The Hall–Kier alpha value is -2.63. The van der Waals surface area contributed by atoms with E-state index in [0.29, 0.717) is 11.3 Å². The molecule has 0 saturated carbocycles. The Morgan fingerprint density at radius 2 is 1.71 bits per heavy atom. The van der Waals surface area contributed by atoms with Crippen LogP contribution in [0.1, 0.15) is 20.8 Å². The van der Waals surface area contributed by atoms with Crippen molar-refractivity contribution in [2.75, 3.05) is 0 Å². The number of pyridine rings is 1. The third-order valence-corrected chi connectivity index (χ3v) is 3.06. The summed E-state index contributed by atoms with van der Waals surface area (Å²) in [6.07, 6.45) is 0. The zero-order valence-electron chi connectivity index (χ0n) is 12.0. The summed E-state index contributed by atoms with van der Waals surface area (Å²) in [5.41, 5.74) is 0.312. The van der Waals surface area contributed by atoms with E-state index in [1.807, 2.05) is 20.8 Å². The minimum Gasteiger partial charge on any atom is -0.508 e. The zero-order chi connectivity index (χ0) is 15.8. The number of nitrogens with zero attached hydrogens (tertiary/aromatic N) is 2. The van der Waals surface area contributed by atoms with E-state index in [2.05, 4.69) is 0 Å². The summed E-state index contributed by atoms with van der Waals surface area (Å²) in [5.74, 6) is -0.131. The maximum absolute atomic E-state index is 12.2. The number of hydrogen-bond donors (Lipinski definition) is 1. The molecule has 0 aliphatic heterocycles. The van der Waals surface area contributed by atoms with Crippen molar-refractivity contribution in [2.45, 2.75) is 26.3 Å². The zero-order valence-corrected chi connectivity index (χ0v) is 12.0. The Balaban J connectivity index is 2.68. The number of hydrogen-bond acceptors (Lipinski definition) is 4. The van der Waals surface area contributed by atoms with Crippen molar-refractivity contribution < 1.29 is 10.0 Å². The van der Waals surface area contributed by atoms with E-state index < -0.39 is 10.5 Å². The summed E-state index contributed by atoms with van der Waals surface area (Å²) in [7, 11) is 0. The second-order valence-electron chi connectivity index (χ2n) is 5.75. The van der Waals surface area contributed by atoms with Crippen molar-refractivity contribution >= 4 is 5.69 Å². The molecule has 1 aromatic carbocycles. The minimum atomic E-state index is -0.484. The third kappa shape index (κ3) is 2.94. The van der Waals surface area contributed by atoms with Crippen molar-refractivity contribution in [1.29, 1.82) is 0 Å². The molecule has 1 N–H and O–H groups in total. The summed E-state index contributed by atoms with van der Waals surface area (Å²) >= 11 is 0. The largest absolute Gasteiger partial charge is 0.508 e. The van der Waals surface area contributed by atoms with Crippen LogP contribution < -0.4 is 5.56 Å². The van der Waals surface area contributed by atoms with Crippen LogP contribution in [0.5, 0.6) is 5.75 Å². The molecule has 0 aliphatic carbocycles. The molecule has 6 heteroatoms. The van der Waals surface area contributed by atoms with Crippen LogP contribution in [-0.2, 0) is 5.54 Å². The molecule has 0 radical (unpaired) electrons. The van der Waals surface area contributed by atoms with Gasteiger partial charge in [-0.3, -0.25) is 14.9 Å². The molecule has 0 amide bonds. The van der Waals surface area contributed by atoms with Gasteiger partial charge in [-0.25, -0.2) is 0 Å². The maximum atomic E-state index is 12.2. The predicted molar refractivity (Wildman–Crippen MR) is 79.5 cm³/mol. The standard InChI is InChI=1S/C15H16N2O4/c1-15(2,3)16-13(8-12(18)9-14(16)19)10-4-6-11(7-5-10)17(20)21/h4-9,18H,1-3H3. The summed E-state index contributed by atoms with van der Waals surface area (Å²) in [6.45, 7) is 5.63. The fraction of sp³-hybridized carbons (Fsp3) is 0.267. The van der Waals surface area contributed by atoms with Crippen LogP contribution in [0, 0.1) is 10.1 Å². The van der Waals surface area contributed by atoms with E-state index in [0.717, 1.165) is 6.07 Å². The fourth-order valence-electron chi connectivity index (χ4n) is 2.21. The molecule has 0 atom stereocenters. The second kappa shape index (κ2) is 5.05. The predicted octanol–water partition coefficient (Wildman–Crippen LogP) is 2.88. The second-order valence-corrected chi connectivity index (χ2v) is 5.75. The Labute approximate surface area is 121 Å². The molecule has 0 bridgehead atoms. The molecule has 2 aromatic rings. The third-order valence-electron chi connectivity index (χ3n) is 3.06. The maximum Gasteiger partial charge on any atom is 0.269 e. The minimum absolute atomic E-state index is 0.0245.